The van der Waals surface area contributed by atoms with Crippen molar-refractivity contribution in [3.8, 4) is 5.75 Å². The van der Waals surface area contributed by atoms with Gasteiger partial charge in [0.05, 0.1) is 19.3 Å². The van der Waals surface area contributed by atoms with Gasteiger partial charge >= 0.3 is 12.2 Å². The van der Waals surface area contributed by atoms with E-state index in [9.17, 15) is 18.0 Å². The highest BCUT2D eigenvalue weighted by molar-refractivity contribution is 5.91. The number of ether oxygens (including phenoxy) is 1. The average Bonchev–Trinajstić information content (AvgIpc) is 3.34. The summed E-state index contributed by atoms with van der Waals surface area (Å²) in [5.41, 5.74) is -0.380. The molecule has 1 aromatic carbocycles. The van der Waals surface area contributed by atoms with Crippen LogP contribution in [0.15, 0.2) is 36.5 Å². The van der Waals surface area contributed by atoms with Gasteiger partial charge in [-0.15, -0.1) is 0 Å². The second-order valence-corrected chi connectivity index (χ2v) is 6.72. The number of nitrogens with one attached hydrogen (secondary N) is 1. The van der Waals surface area contributed by atoms with Crippen LogP contribution >= 0.6 is 0 Å². The molecule has 0 saturated heterocycles. The second-order valence-electron chi connectivity index (χ2n) is 6.72. The number of alkyl halides is 3. The van der Waals surface area contributed by atoms with E-state index in [4.69, 9.17) is 4.74 Å². The molecule has 1 heterocycles. The van der Waals surface area contributed by atoms with Crippen LogP contribution in [0.25, 0.3) is 0 Å². The second kappa shape index (κ2) is 8.53. The molecular formula is C19H23F3N4O2. The fourth-order valence-corrected chi connectivity index (χ4v) is 3.45. The van der Waals surface area contributed by atoms with E-state index in [1.807, 2.05) is 0 Å². The molecule has 0 aliphatic heterocycles. The highest BCUT2D eigenvalue weighted by Crippen LogP contribution is 2.28. The molecule has 3 rings (SSSR count). The van der Waals surface area contributed by atoms with Crippen molar-refractivity contribution in [3.63, 3.8) is 0 Å². The Bertz CT molecular complexity index is 800. The Morgan fingerprint density at radius 1 is 1.29 bits per heavy atom. The minimum Gasteiger partial charge on any atom is -0.495 e. The number of methoxy groups -OCH3 is 1. The zero-order valence-electron chi connectivity index (χ0n) is 15.6. The van der Waals surface area contributed by atoms with E-state index in [-0.39, 0.29) is 25.2 Å². The van der Waals surface area contributed by atoms with Crippen LogP contribution in [-0.4, -0.2) is 40.4 Å². The number of amides is 2. The molecule has 1 aliphatic carbocycles. The number of benzene rings is 1. The molecule has 152 valence electrons. The maximum atomic E-state index is 12.9. The summed E-state index contributed by atoms with van der Waals surface area (Å²) in [5.74, 6) is 0.545. The van der Waals surface area contributed by atoms with E-state index in [0.717, 1.165) is 31.7 Å². The van der Waals surface area contributed by atoms with E-state index >= 15 is 0 Å². The van der Waals surface area contributed by atoms with Crippen molar-refractivity contribution in [2.24, 2.45) is 0 Å². The summed E-state index contributed by atoms with van der Waals surface area (Å²) < 4.78 is 44.7. The predicted octanol–water partition coefficient (Wildman–Crippen LogP) is 4.39. The number of nitrogens with zero attached hydrogens (tertiary/aromatic N) is 3. The largest absolute Gasteiger partial charge is 0.495 e. The first-order chi connectivity index (χ1) is 13.4. The van der Waals surface area contributed by atoms with Crippen molar-refractivity contribution in [3.05, 3.63) is 42.2 Å². The van der Waals surface area contributed by atoms with Crippen LogP contribution in [-0.2, 0) is 12.7 Å². The van der Waals surface area contributed by atoms with Gasteiger partial charge in [-0.05, 0) is 31.0 Å². The molecule has 2 amide bonds. The lowest BCUT2D eigenvalue weighted by atomic mass is 10.2. The Morgan fingerprint density at radius 3 is 2.64 bits per heavy atom. The molecule has 0 atom stereocenters. The number of hydrogen-bond acceptors (Lipinski definition) is 3. The van der Waals surface area contributed by atoms with Crippen LogP contribution in [0, 0.1) is 0 Å². The first kappa shape index (κ1) is 20.0. The van der Waals surface area contributed by atoms with E-state index in [2.05, 4.69) is 10.4 Å². The quantitative estimate of drug-likeness (QED) is 0.788. The standard InChI is InChI=1S/C19H23F3N4O2/c1-28-16-9-5-4-8-15(16)23-18(27)26(14-6-2-3-7-14)13-12-25-11-10-17(24-25)19(20,21)22/h4-5,8-11,14H,2-3,6-7,12-13H2,1H3,(H,23,27). The van der Waals surface area contributed by atoms with Crippen LogP contribution in [0.5, 0.6) is 5.75 Å². The third-order valence-corrected chi connectivity index (χ3v) is 4.88. The Labute approximate surface area is 161 Å². The minimum atomic E-state index is -4.47. The number of aromatic nitrogens is 2. The van der Waals surface area contributed by atoms with Crippen molar-refractivity contribution in [2.75, 3.05) is 19.0 Å². The first-order valence-electron chi connectivity index (χ1n) is 9.20. The van der Waals surface area contributed by atoms with Crippen molar-refractivity contribution < 1.29 is 22.7 Å². The Hall–Kier alpha value is -2.71. The molecule has 1 saturated carbocycles. The third kappa shape index (κ3) is 4.76. The molecule has 2 aromatic rings. The van der Waals surface area contributed by atoms with Crippen molar-refractivity contribution in [1.29, 1.82) is 0 Å². The van der Waals surface area contributed by atoms with Crippen LogP contribution in [0.3, 0.4) is 0 Å². The fourth-order valence-electron chi connectivity index (χ4n) is 3.45. The lowest BCUT2D eigenvalue weighted by Crippen LogP contribution is -2.43. The van der Waals surface area contributed by atoms with Gasteiger partial charge in [0.2, 0.25) is 0 Å². The van der Waals surface area contributed by atoms with Gasteiger partial charge in [-0.25, -0.2) is 4.79 Å². The maximum absolute atomic E-state index is 12.9. The van der Waals surface area contributed by atoms with Crippen LogP contribution in [0.4, 0.5) is 23.7 Å². The van der Waals surface area contributed by atoms with E-state index in [1.165, 1.54) is 18.0 Å². The van der Waals surface area contributed by atoms with E-state index < -0.39 is 11.9 Å². The third-order valence-electron chi connectivity index (χ3n) is 4.88. The predicted molar refractivity (Wildman–Crippen MR) is 98.2 cm³/mol. The molecule has 28 heavy (non-hydrogen) atoms. The van der Waals surface area contributed by atoms with Gasteiger partial charge in [-0.3, -0.25) is 4.68 Å². The summed E-state index contributed by atoms with van der Waals surface area (Å²) in [6, 6.07) is 7.80. The summed E-state index contributed by atoms with van der Waals surface area (Å²) in [4.78, 5) is 14.6. The monoisotopic (exact) mass is 396 g/mol. The topological polar surface area (TPSA) is 59.4 Å². The molecule has 0 unspecified atom stereocenters. The highest BCUT2D eigenvalue weighted by atomic mass is 19.4. The van der Waals surface area contributed by atoms with Crippen molar-refractivity contribution >= 4 is 11.7 Å². The number of halogens is 3. The Morgan fingerprint density at radius 2 is 2.00 bits per heavy atom. The molecule has 0 bridgehead atoms. The average molecular weight is 396 g/mol. The summed E-state index contributed by atoms with van der Waals surface area (Å²) in [6.07, 6.45) is 0.635. The molecule has 1 aliphatic rings. The highest BCUT2D eigenvalue weighted by Gasteiger charge is 2.33. The van der Waals surface area contributed by atoms with Crippen LogP contribution in [0.2, 0.25) is 0 Å². The molecule has 1 N–H and O–H groups in total. The molecule has 9 heteroatoms. The van der Waals surface area contributed by atoms with Crippen LogP contribution in [0.1, 0.15) is 31.4 Å². The summed E-state index contributed by atoms with van der Waals surface area (Å²) >= 11 is 0. The lowest BCUT2D eigenvalue weighted by molar-refractivity contribution is -0.141. The molecular weight excluding hydrogens is 373 g/mol. The number of rotatable bonds is 6. The zero-order chi connectivity index (χ0) is 20.1. The number of urea groups is 1. The van der Waals surface area contributed by atoms with E-state index in [1.54, 1.807) is 29.2 Å². The SMILES string of the molecule is COc1ccccc1NC(=O)N(CCn1ccc(C(F)(F)F)n1)C1CCCC1. The number of para-hydroxylation sites is 2. The molecule has 0 spiro atoms. The van der Waals surface area contributed by atoms with Gasteiger partial charge in [0.1, 0.15) is 5.75 Å². The molecule has 0 radical (unpaired) electrons. The van der Waals surface area contributed by atoms with Gasteiger partial charge in [0, 0.05) is 18.8 Å². The molecule has 6 nitrogen and oxygen atoms in total. The van der Waals surface area contributed by atoms with Gasteiger partial charge in [0.25, 0.3) is 0 Å². The molecule has 1 fully saturated rings. The van der Waals surface area contributed by atoms with E-state index in [0.29, 0.717) is 11.4 Å². The van der Waals surface area contributed by atoms with Crippen LogP contribution < -0.4 is 10.1 Å². The Balaban J connectivity index is 1.70. The van der Waals surface area contributed by atoms with Gasteiger partial charge < -0.3 is 15.0 Å². The zero-order valence-corrected chi connectivity index (χ0v) is 15.6. The fraction of sp³-hybridized carbons (Fsp3) is 0.474. The number of carbonyl (C=O) groups is 1. The van der Waals surface area contributed by atoms with Gasteiger partial charge in [-0.2, -0.15) is 18.3 Å². The summed E-state index contributed by atoms with van der Waals surface area (Å²) in [6.45, 7) is 0.455. The van der Waals surface area contributed by atoms with Crippen molar-refractivity contribution in [2.45, 2.75) is 44.4 Å². The number of anilines is 1. The van der Waals surface area contributed by atoms with Gasteiger partial charge in [0.15, 0.2) is 5.69 Å². The summed E-state index contributed by atoms with van der Waals surface area (Å²) in [5, 5.41) is 6.42. The normalized spacial score (nSPS) is 14.9. The molecule has 1 aromatic heterocycles. The minimum absolute atomic E-state index is 0.0624. The summed E-state index contributed by atoms with van der Waals surface area (Å²) in [7, 11) is 1.52. The lowest BCUT2D eigenvalue weighted by Gasteiger charge is -2.29. The Kier molecular flexibility index (Phi) is 6.11. The maximum Gasteiger partial charge on any atom is 0.435 e. The number of carbonyl (C=O) groups excluding carboxylic acids is 1. The smallest absolute Gasteiger partial charge is 0.435 e. The first-order valence-corrected chi connectivity index (χ1v) is 9.20. The van der Waals surface area contributed by atoms with Crippen molar-refractivity contribution in [1.82, 2.24) is 14.7 Å². The number of hydrogen-bond donors (Lipinski definition) is 1. The van der Waals surface area contributed by atoms with Gasteiger partial charge in [-0.1, -0.05) is 25.0 Å².